The van der Waals surface area contributed by atoms with Crippen molar-refractivity contribution in [2.24, 2.45) is 0 Å². The van der Waals surface area contributed by atoms with Gasteiger partial charge in [-0.2, -0.15) is 5.10 Å². The first kappa shape index (κ1) is 16.0. The monoisotopic (exact) mass is 345 g/mol. The molecular formula is C21H16FN3O. The van der Waals surface area contributed by atoms with E-state index in [1.54, 1.807) is 10.9 Å². The zero-order valence-electron chi connectivity index (χ0n) is 13.9. The molecule has 4 nitrogen and oxygen atoms in total. The van der Waals surface area contributed by atoms with Crippen LogP contribution in [0.3, 0.4) is 0 Å². The predicted octanol–water partition coefficient (Wildman–Crippen LogP) is 4.48. The number of hydrogen-bond donors (Lipinski definition) is 1. The molecule has 4 rings (SSSR count). The van der Waals surface area contributed by atoms with Gasteiger partial charge in [-0.05, 0) is 40.6 Å². The molecule has 1 amide bonds. The number of nitrogens with zero attached hydrogens (tertiary/aromatic N) is 2. The Hall–Kier alpha value is -3.47. The third-order valence-electron chi connectivity index (χ3n) is 4.17. The van der Waals surface area contributed by atoms with Crippen LogP contribution in [-0.4, -0.2) is 15.7 Å². The van der Waals surface area contributed by atoms with Crippen molar-refractivity contribution in [3.05, 3.63) is 84.9 Å². The number of hydrogen-bond acceptors (Lipinski definition) is 2. The summed E-state index contributed by atoms with van der Waals surface area (Å²) in [7, 11) is 0. The molecule has 0 fully saturated rings. The molecule has 4 aromatic rings. The third-order valence-corrected chi connectivity index (χ3v) is 4.17. The minimum Gasteiger partial charge on any atom is -0.324 e. The van der Waals surface area contributed by atoms with Crippen LogP contribution in [-0.2, 0) is 11.3 Å². The van der Waals surface area contributed by atoms with Gasteiger partial charge in [-0.25, -0.2) is 4.39 Å². The van der Waals surface area contributed by atoms with Gasteiger partial charge in [0.05, 0.1) is 6.20 Å². The Morgan fingerprint density at radius 3 is 2.62 bits per heavy atom. The van der Waals surface area contributed by atoms with Crippen LogP contribution >= 0.6 is 0 Å². The maximum Gasteiger partial charge on any atom is 0.246 e. The lowest BCUT2D eigenvalue weighted by atomic mass is 10.0. The normalized spacial score (nSPS) is 10.8. The van der Waals surface area contributed by atoms with Crippen molar-refractivity contribution in [1.29, 1.82) is 0 Å². The standard InChI is InChI=1S/C21H16FN3O/c22-17-8-10-18(11-9-17)24-21(26)14-25-13-16(12-23-25)20-7-3-5-15-4-1-2-6-19(15)20/h1-13H,14H2,(H,24,26). The Labute approximate surface area is 149 Å². The van der Waals surface area contributed by atoms with Gasteiger partial charge in [0.1, 0.15) is 12.4 Å². The summed E-state index contributed by atoms with van der Waals surface area (Å²) in [6.07, 6.45) is 3.61. The van der Waals surface area contributed by atoms with Crippen molar-refractivity contribution in [3.8, 4) is 11.1 Å². The molecule has 1 aromatic heterocycles. The predicted molar refractivity (Wildman–Crippen MR) is 100 cm³/mol. The molecule has 3 aromatic carbocycles. The molecule has 0 saturated heterocycles. The highest BCUT2D eigenvalue weighted by Gasteiger charge is 2.09. The molecule has 0 aliphatic heterocycles. The van der Waals surface area contributed by atoms with Crippen molar-refractivity contribution < 1.29 is 9.18 Å². The van der Waals surface area contributed by atoms with E-state index in [0.717, 1.165) is 21.9 Å². The number of aromatic nitrogens is 2. The van der Waals surface area contributed by atoms with E-state index in [4.69, 9.17) is 0 Å². The Bertz CT molecular complexity index is 1060. The van der Waals surface area contributed by atoms with Crippen LogP contribution in [0.4, 0.5) is 10.1 Å². The van der Waals surface area contributed by atoms with Gasteiger partial charge >= 0.3 is 0 Å². The highest BCUT2D eigenvalue weighted by atomic mass is 19.1. The minimum atomic E-state index is -0.338. The number of carbonyl (C=O) groups is 1. The molecule has 1 heterocycles. The van der Waals surface area contributed by atoms with Crippen LogP contribution in [0.5, 0.6) is 0 Å². The molecular weight excluding hydrogens is 329 g/mol. The summed E-state index contributed by atoms with van der Waals surface area (Å²) in [5.41, 5.74) is 2.59. The first-order valence-electron chi connectivity index (χ1n) is 8.25. The number of anilines is 1. The first-order valence-corrected chi connectivity index (χ1v) is 8.25. The SMILES string of the molecule is O=C(Cn1cc(-c2cccc3ccccc23)cn1)Nc1ccc(F)cc1. The summed E-state index contributed by atoms with van der Waals surface area (Å²) in [5, 5.41) is 9.32. The van der Waals surface area contributed by atoms with E-state index in [-0.39, 0.29) is 18.3 Å². The molecule has 26 heavy (non-hydrogen) atoms. The van der Waals surface area contributed by atoms with Gasteiger partial charge in [-0.15, -0.1) is 0 Å². The van der Waals surface area contributed by atoms with Crippen LogP contribution in [0, 0.1) is 5.82 Å². The van der Waals surface area contributed by atoms with E-state index >= 15 is 0 Å². The van der Waals surface area contributed by atoms with E-state index < -0.39 is 0 Å². The summed E-state index contributed by atoms with van der Waals surface area (Å²) >= 11 is 0. The molecule has 0 atom stereocenters. The van der Waals surface area contributed by atoms with Gasteiger partial charge in [0.15, 0.2) is 0 Å². The van der Waals surface area contributed by atoms with Crippen molar-refractivity contribution in [3.63, 3.8) is 0 Å². The Balaban J connectivity index is 1.52. The van der Waals surface area contributed by atoms with Crippen molar-refractivity contribution in [2.75, 3.05) is 5.32 Å². The molecule has 128 valence electrons. The molecule has 0 unspecified atom stereocenters. The highest BCUT2D eigenvalue weighted by molar-refractivity contribution is 5.96. The topological polar surface area (TPSA) is 46.9 Å². The molecule has 0 radical (unpaired) electrons. The lowest BCUT2D eigenvalue weighted by Gasteiger charge is -2.05. The minimum absolute atomic E-state index is 0.0855. The average molecular weight is 345 g/mol. The van der Waals surface area contributed by atoms with Crippen LogP contribution in [0.2, 0.25) is 0 Å². The van der Waals surface area contributed by atoms with Crippen molar-refractivity contribution >= 4 is 22.4 Å². The number of amides is 1. The molecule has 0 aliphatic rings. The van der Waals surface area contributed by atoms with Crippen LogP contribution in [0.1, 0.15) is 0 Å². The van der Waals surface area contributed by atoms with Crippen molar-refractivity contribution in [1.82, 2.24) is 9.78 Å². The number of fused-ring (bicyclic) bond motifs is 1. The quantitative estimate of drug-likeness (QED) is 0.593. The maximum atomic E-state index is 12.9. The average Bonchev–Trinajstić information content (AvgIpc) is 3.11. The van der Waals surface area contributed by atoms with E-state index in [9.17, 15) is 9.18 Å². The number of halogens is 1. The lowest BCUT2D eigenvalue weighted by molar-refractivity contribution is -0.116. The number of rotatable bonds is 4. The fourth-order valence-electron chi connectivity index (χ4n) is 2.95. The van der Waals surface area contributed by atoms with Gasteiger partial charge in [-0.1, -0.05) is 42.5 Å². The van der Waals surface area contributed by atoms with E-state index in [0.29, 0.717) is 5.69 Å². The number of nitrogens with one attached hydrogen (secondary N) is 1. The van der Waals surface area contributed by atoms with E-state index in [2.05, 4.69) is 28.6 Å². The van der Waals surface area contributed by atoms with Gasteiger partial charge in [-0.3, -0.25) is 9.48 Å². The molecule has 5 heteroatoms. The summed E-state index contributed by atoms with van der Waals surface area (Å²) < 4.78 is 14.5. The summed E-state index contributed by atoms with van der Waals surface area (Å²) in [6, 6.07) is 19.9. The molecule has 0 spiro atoms. The largest absolute Gasteiger partial charge is 0.324 e. The molecule has 0 bridgehead atoms. The smallest absolute Gasteiger partial charge is 0.246 e. The fourth-order valence-corrected chi connectivity index (χ4v) is 2.95. The zero-order valence-corrected chi connectivity index (χ0v) is 13.9. The van der Waals surface area contributed by atoms with Gasteiger partial charge in [0, 0.05) is 17.4 Å². The highest BCUT2D eigenvalue weighted by Crippen LogP contribution is 2.28. The Morgan fingerprint density at radius 1 is 1.00 bits per heavy atom. The second-order valence-electron chi connectivity index (χ2n) is 6.01. The maximum absolute atomic E-state index is 12.9. The van der Waals surface area contributed by atoms with Crippen molar-refractivity contribution in [2.45, 2.75) is 6.54 Å². The summed E-state index contributed by atoms with van der Waals surface area (Å²) in [5.74, 6) is -0.556. The zero-order chi connectivity index (χ0) is 17.9. The van der Waals surface area contributed by atoms with Gasteiger partial charge < -0.3 is 5.32 Å². The molecule has 1 N–H and O–H groups in total. The first-order chi connectivity index (χ1) is 12.7. The van der Waals surface area contributed by atoms with E-state index in [1.807, 2.05) is 30.5 Å². The second kappa shape index (κ2) is 6.80. The third kappa shape index (κ3) is 3.32. The number of carbonyl (C=O) groups excluding carboxylic acids is 1. The Morgan fingerprint density at radius 2 is 1.77 bits per heavy atom. The van der Waals surface area contributed by atoms with Gasteiger partial charge in [0.2, 0.25) is 5.91 Å². The van der Waals surface area contributed by atoms with Crippen LogP contribution in [0.25, 0.3) is 21.9 Å². The lowest BCUT2D eigenvalue weighted by Crippen LogP contribution is -2.18. The van der Waals surface area contributed by atoms with Gasteiger partial charge in [0.25, 0.3) is 0 Å². The fraction of sp³-hybridized carbons (Fsp3) is 0.0476. The summed E-state index contributed by atoms with van der Waals surface area (Å²) in [6.45, 7) is 0.0855. The second-order valence-corrected chi connectivity index (χ2v) is 6.01. The van der Waals surface area contributed by atoms with Crippen LogP contribution < -0.4 is 5.32 Å². The molecule has 0 saturated carbocycles. The molecule has 0 aliphatic carbocycles. The van der Waals surface area contributed by atoms with Crippen LogP contribution in [0.15, 0.2) is 79.1 Å². The summed E-state index contributed by atoms with van der Waals surface area (Å²) in [4.78, 5) is 12.2. The number of benzene rings is 3. The van der Waals surface area contributed by atoms with E-state index in [1.165, 1.54) is 24.3 Å². The Kier molecular flexibility index (Phi) is 4.19.